The minimum absolute atomic E-state index is 0.0211. The van der Waals surface area contributed by atoms with Crippen LogP contribution >= 0.6 is 0 Å². The molecule has 2 heteroatoms. The molecule has 2 fully saturated rings. The van der Waals surface area contributed by atoms with Gasteiger partial charge in [-0.1, -0.05) is 46.0 Å². The van der Waals surface area contributed by atoms with Crippen LogP contribution in [0.5, 0.6) is 0 Å². The minimum atomic E-state index is -0.0211. The van der Waals surface area contributed by atoms with E-state index in [9.17, 15) is 0 Å². The Bertz CT molecular complexity index is 289. The molecule has 0 aromatic heterocycles. The summed E-state index contributed by atoms with van der Waals surface area (Å²) in [5, 5.41) is 0. The molecule has 2 aliphatic rings. The van der Waals surface area contributed by atoms with Crippen LogP contribution in [0.2, 0.25) is 0 Å². The third-order valence-electron chi connectivity index (χ3n) is 5.94. The van der Waals surface area contributed by atoms with Crippen molar-refractivity contribution in [3.8, 4) is 0 Å². The highest BCUT2D eigenvalue weighted by atomic mass is 16.5. The molecule has 0 saturated heterocycles. The molecule has 0 aromatic carbocycles. The molecule has 0 radical (unpaired) electrons. The highest BCUT2D eigenvalue weighted by molar-refractivity contribution is 4.99. The van der Waals surface area contributed by atoms with Gasteiger partial charge in [0.1, 0.15) is 0 Å². The van der Waals surface area contributed by atoms with Crippen molar-refractivity contribution in [1.29, 1.82) is 0 Å². The number of rotatable bonds is 5. The van der Waals surface area contributed by atoms with E-state index in [1.807, 2.05) is 0 Å². The van der Waals surface area contributed by atoms with Crippen LogP contribution in [0.3, 0.4) is 0 Å². The monoisotopic (exact) mass is 281 g/mol. The van der Waals surface area contributed by atoms with Crippen LogP contribution in [-0.4, -0.2) is 18.2 Å². The standard InChI is InChI=1S/C18H35NO/c1-4-15-9-6-10-16(12-15)17(19)18(20-5-2)11-7-8-14(3)13-18/h14-17H,4-13,19H2,1-3H3. The zero-order valence-electron chi connectivity index (χ0n) is 13.9. The fraction of sp³-hybridized carbons (Fsp3) is 1.00. The predicted octanol–water partition coefficient (Wildman–Crippen LogP) is 4.52. The molecule has 5 unspecified atom stereocenters. The lowest BCUT2D eigenvalue weighted by Gasteiger charge is -2.48. The van der Waals surface area contributed by atoms with Gasteiger partial charge in [-0.3, -0.25) is 0 Å². The molecule has 118 valence electrons. The Morgan fingerprint density at radius 3 is 2.65 bits per heavy atom. The fourth-order valence-electron chi connectivity index (χ4n) is 4.82. The maximum atomic E-state index is 6.80. The van der Waals surface area contributed by atoms with Crippen molar-refractivity contribution in [2.75, 3.05) is 6.61 Å². The predicted molar refractivity (Wildman–Crippen MR) is 85.7 cm³/mol. The second-order valence-corrected chi connectivity index (χ2v) is 7.43. The summed E-state index contributed by atoms with van der Waals surface area (Å²) in [6, 6.07) is 0.250. The normalized spacial score (nSPS) is 40.5. The molecule has 2 rings (SSSR count). The Balaban J connectivity index is 2.07. The second-order valence-electron chi connectivity index (χ2n) is 7.43. The summed E-state index contributed by atoms with van der Waals surface area (Å²) in [5.41, 5.74) is 6.78. The lowest BCUT2D eigenvalue weighted by Crippen LogP contribution is -2.56. The van der Waals surface area contributed by atoms with Crippen molar-refractivity contribution in [2.45, 2.75) is 90.2 Å². The number of hydrogen-bond donors (Lipinski definition) is 1. The number of nitrogens with two attached hydrogens (primary N) is 1. The zero-order valence-corrected chi connectivity index (χ0v) is 13.9. The molecule has 0 aliphatic heterocycles. The highest BCUT2D eigenvalue weighted by Crippen LogP contribution is 2.43. The van der Waals surface area contributed by atoms with Gasteiger partial charge in [0.2, 0.25) is 0 Å². The molecular weight excluding hydrogens is 246 g/mol. The smallest absolute Gasteiger partial charge is 0.0837 e. The van der Waals surface area contributed by atoms with Crippen LogP contribution in [0.25, 0.3) is 0 Å². The Morgan fingerprint density at radius 2 is 2.00 bits per heavy atom. The summed E-state index contributed by atoms with van der Waals surface area (Å²) < 4.78 is 6.30. The summed E-state index contributed by atoms with van der Waals surface area (Å²) >= 11 is 0. The van der Waals surface area contributed by atoms with E-state index in [4.69, 9.17) is 10.5 Å². The molecule has 2 saturated carbocycles. The van der Waals surface area contributed by atoms with Gasteiger partial charge in [0.25, 0.3) is 0 Å². The third-order valence-corrected chi connectivity index (χ3v) is 5.94. The van der Waals surface area contributed by atoms with Gasteiger partial charge < -0.3 is 10.5 Å². The summed E-state index contributed by atoms with van der Waals surface area (Å²) in [7, 11) is 0. The topological polar surface area (TPSA) is 35.2 Å². The first kappa shape index (κ1) is 16.3. The average molecular weight is 281 g/mol. The van der Waals surface area contributed by atoms with Crippen molar-refractivity contribution in [2.24, 2.45) is 23.5 Å². The van der Waals surface area contributed by atoms with E-state index in [1.54, 1.807) is 0 Å². The van der Waals surface area contributed by atoms with E-state index >= 15 is 0 Å². The molecule has 0 amide bonds. The fourth-order valence-corrected chi connectivity index (χ4v) is 4.82. The lowest BCUT2D eigenvalue weighted by molar-refractivity contribution is -0.108. The van der Waals surface area contributed by atoms with Crippen molar-refractivity contribution >= 4 is 0 Å². The Morgan fingerprint density at radius 1 is 1.20 bits per heavy atom. The Kier molecular flexibility index (Phi) is 5.92. The zero-order chi connectivity index (χ0) is 14.6. The first-order chi connectivity index (χ1) is 9.61. The molecule has 0 aromatic rings. The van der Waals surface area contributed by atoms with E-state index < -0.39 is 0 Å². The largest absolute Gasteiger partial charge is 0.374 e. The first-order valence-electron chi connectivity index (χ1n) is 9.00. The van der Waals surface area contributed by atoms with Crippen LogP contribution in [0.4, 0.5) is 0 Å². The molecule has 5 atom stereocenters. The van der Waals surface area contributed by atoms with Gasteiger partial charge in [-0.2, -0.15) is 0 Å². The van der Waals surface area contributed by atoms with Crippen LogP contribution in [0.1, 0.15) is 78.6 Å². The van der Waals surface area contributed by atoms with Gasteiger partial charge in [0, 0.05) is 12.6 Å². The number of ether oxygens (including phenoxy) is 1. The summed E-state index contributed by atoms with van der Waals surface area (Å²) in [4.78, 5) is 0. The molecule has 2 nitrogen and oxygen atoms in total. The maximum Gasteiger partial charge on any atom is 0.0837 e. The third kappa shape index (κ3) is 3.57. The molecule has 0 heterocycles. The Hall–Kier alpha value is -0.0800. The van der Waals surface area contributed by atoms with E-state index in [2.05, 4.69) is 20.8 Å². The van der Waals surface area contributed by atoms with E-state index in [0.29, 0.717) is 5.92 Å². The van der Waals surface area contributed by atoms with Crippen LogP contribution in [0, 0.1) is 17.8 Å². The van der Waals surface area contributed by atoms with Crippen molar-refractivity contribution in [3.05, 3.63) is 0 Å². The second kappa shape index (κ2) is 7.26. The highest BCUT2D eigenvalue weighted by Gasteiger charge is 2.44. The summed E-state index contributed by atoms with van der Waals surface area (Å²) in [5.74, 6) is 2.36. The SMILES string of the molecule is CCOC1(C(N)C2CCCC(CC)C2)CCCC(C)C1. The molecule has 2 aliphatic carbocycles. The van der Waals surface area contributed by atoms with Gasteiger partial charge in [-0.05, 0) is 50.4 Å². The molecule has 2 N–H and O–H groups in total. The van der Waals surface area contributed by atoms with E-state index in [0.717, 1.165) is 18.4 Å². The average Bonchev–Trinajstić information content (AvgIpc) is 2.47. The molecular formula is C18H35NO. The van der Waals surface area contributed by atoms with Crippen LogP contribution in [-0.2, 0) is 4.74 Å². The van der Waals surface area contributed by atoms with Gasteiger partial charge in [-0.25, -0.2) is 0 Å². The number of hydrogen-bond acceptors (Lipinski definition) is 2. The first-order valence-corrected chi connectivity index (χ1v) is 9.00. The Labute approximate surface area is 125 Å². The molecule has 0 spiro atoms. The van der Waals surface area contributed by atoms with E-state index in [-0.39, 0.29) is 11.6 Å². The van der Waals surface area contributed by atoms with Crippen molar-refractivity contribution < 1.29 is 4.74 Å². The van der Waals surface area contributed by atoms with Gasteiger partial charge in [0.15, 0.2) is 0 Å². The maximum absolute atomic E-state index is 6.80. The molecule has 0 bridgehead atoms. The molecule has 20 heavy (non-hydrogen) atoms. The van der Waals surface area contributed by atoms with Crippen molar-refractivity contribution in [1.82, 2.24) is 0 Å². The van der Waals surface area contributed by atoms with Crippen LogP contribution in [0.15, 0.2) is 0 Å². The summed E-state index contributed by atoms with van der Waals surface area (Å²) in [6.45, 7) is 7.64. The van der Waals surface area contributed by atoms with Gasteiger partial charge >= 0.3 is 0 Å². The summed E-state index contributed by atoms with van der Waals surface area (Å²) in [6.07, 6.45) is 11.8. The van der Waals surface area contributed by atoms with Crippen LogP contribution < -0.4 is 5.73 Å². The van der Waals surface area contributed by atoms with Crippen molar-refractivity contribution in [3.63, 3.8) is 0 Å². The minimum Gasteiger partial charge on any atom is -0.374 e. The quantitative estimate of drug-likeness (QED) is 0.804. The van der Waals surface area contributed by atoms with Gasteiger partial charge in [0.05, 0.1) is 5.60 Å². The lowest BCUT2D eigenvalue weighted by atomic mass is 9.67. The van der Waals surface area contributed by atoms with Gasteiger partial charge in [-0.15, -0.1) is 0 Å². The van der Waals surface area contributed by atoms with E-state index in [1.165, 1.54) is 57.8 Å².